The van der Waals surface area contributed by atoms with Crippen LogP contribution in [0.1, 0.15) is 20.3 Å². The van der Waals surface area contributed by atoms with Gasteiger partial charge >= 0.3 is 0 Å². The van der Waals surface area contributed by atoms with Crippen molar-refractivity contribution in [2.75, 3.05) is 16.8 Å². The van der Waals surface area contributed by atoms with Crippen LogP contribution in [0.5, 0.6) is 0 Å². The van der Waals surface area contributed by atoms with Crippen molar-refractivity contribution >= 4 is 17.6 Å². The van der Waals surface area contributed by atoms with Crippen LogP contribution in [0, 0.1) is 0 Å². The van der Waals surface area contributed by atoms with Crippen LogP contribution in [0.4, 0.5) is 5.82 Å². The Morgan fingerprint density at radius 1 is 1.57 bits per heavy atom. The number of aromatic nitrogens is 2. The van der Waals surface area contributed by atoms with Gasteiger partial charge in [0.05, 0.1) is 0 Å². The van der Waals surface area contributed by atoms with E-state index in [9.17, 15) is 0 Å². The van der Waals surface area contributed by atoms with Gasteiger partial charge in [-0.05, 0) is 37.0 Å². The van der Waals surface area contributed by atoms with Crippen molar-refractivity contribution in [3.8, 4) is 0 Å². The van der Waals surface area contributed by atoms with Gasteiger partial charge in [-0.15, -0.1) is 5.10 Å². The maximum absolute atomic E-state index is 3.98. The van der Waals surface area contributed by atoms with Gasteiger partial charge in [-0.3, -0.25) is 0 Å². The Bertz CT molecular complexity index is 240. The molecule has 0 radical (unpaired) electrons. The summed E-state index contributed by atoms with van der Waals surface area (Å²) in [5.74, 6) is 3.25. The van der Waals surface area contributed by atoms with Crippen LogP contribution in [0.15, 0.2) is 18.3 Å². The molecular weight excluding hydrogens is 194 g/mol. The lowest BCUT2D eigenvalue weighted by molar-refractivity contribution is 0.762. The Labute approximate surface area is 89.7 Å². The minimum atomic E-state index is 0.464. The molecule has 1 heterocycles. The molecule has 0 aliphatic carbocycles. The highest BCUT2D eigenvalue weighted by Crippen LogP contribution is 2.08. The van der Waals surface area contributed by atoms with E-state index in [2.05, 4.69) is 29.4 Å². The van der Waals surface area contributed by atoms with Crippen molar-refractivity contribution in [1.82, 2.24) is 10.2 Å². The molecule has 0 aliphatic rings. The fourth-order valence-electron chi connectivity index (χ4n) is 1.11. The SMILES string of the molecule is CCSCCC(C)Nc1cccnn1. The first-order valence-electron chi connectivity index (χ1n) is 4.95. The predicted molar refractivity (Wildman–Crippen MR) is 62.7 cm³/mol. The average Bonchev–Trinajstić information content (AvgIpc) is 2.20. The number of nitrogens with zero attached hydrogens (tertiary/aromatic N) is 2. The molecule has 3 nitrogen and oxygen atoms in total. The lowest BCUT2D eigenvalue weighted by Crippen LogP contribution is -2.16. The largest absolute Gasteiger partial charge is 0.366 e. The van der Waals surface area contributed by atoms with Crippen LogP contribution >= 0.6 is 11.8 Å². The minimum Gasteiger partial charge on any atom is -0.366 e. The standard InChI is InChI=1S/C10H17N3S/c1-3-14-8-6-9(2)12-10-5-4-7-11-13-10/h4-5,7,9H,3,6,8H2,1-2H3,(H,12,13). The molecule has 0 aromatic carbocycles. The minimum absolute atomic E-state index is 0.464. The van der Waals surface area contributed by atoms with Crippen molar-refractivity contribution < 1.29 is 0 Å². The summed E-state index contributed by atoms with van der Waals surface area (Å²) in [5, 5.41) is 11.1. The van der Waals surface area contributed by atoms with Gasteiger partial charge in [0, 0.05) is 12.2 Å². The molecule has 0 fully saturated rings. The molecule has 0 bridgehead atoms. The van der Waals surface area contributed by atoms with Crippen molar-refractivity contribution in [1.29, 1.82) is 0 Å². The summed E-state index contributed by atoms with van der Waals surface area (Å²) in [6.45, 7) is 4.36. The van der Waals surface area contributed by atoms with E-state index in [0.717, 1.165) is 12.2 Å². The molecule has 14 heavy (non-hydrogen) atoms. The lowest BCUT2D eigenvalue weighted by atomic mass is 10.2. The van der Waals surface area contributed by atoms with E-state index in [1.165, 1.54) is 11.5 Å². The topological polar surface area (TPSA) is 37.8 Å². The fraction of sp³-hybridized carbons (Fsp3) is 0.600. The lowest BCUT2D eigenvalue weighted by Gasteiger charge is -2.12. The highest BCUT2D eigenvalue weighted by molar-refractivity contribution is 7.99. The number of hydrogen-bond acceptors (Lipinski definition) is 4. The molecule has 0 spiro atoms. The molecule has 1 N–H and O–H groups in total. The fourth-order valence-corrected chi connectivity index (χ4v) is 1.92. The van der Waals surface area contributed by atoms with E-state index >= 15 is 0 Å². The zero-order valence-electron chi connectivity index (χ0n) is 8.73. The Morgan fingerprint density at radius 2 is 2.43 bits per heavy atom. The molecule has 78 valence electrons. The third kappa shape index (κ3) is 4.46. The van der Waals surface area contributed by atoms with Crippen molar-refractivity contribution in [3.05, 3.63) is 18.3 Å². The first kappa shape index (κ1) is 11.3. The molecule has 0 aliphatic heterocycles. The van der Waals surface area contributed by atoms with E-state index in [0.29, 0.717) is 6.04 Å². The molecule has 1 rings (SSSR count). The van der Waals surface area contributed by atoms with E-state index in [-0.39, 0.29) is 0 Å². The second kappa shape index (κ2) is 6.65. The van der Waals surface area contributed by atoms with Crippen LogP contribution in [-0.4, -0.2) is 27.7 Å². The Kier molecular flexibility index (Phi) is 5.37. The molecule has 1 aromatic rings. The number of anilines is 1. The van der Waals surface area contributed by atoms with Gasteiger partial charge in [0.15, 0.2) is 0 Å². The summed E-state index contributed by atoms with van der Waals surface area (Å²) >= 11 is 1.97. The monoisotopic (exact) mass is 211 g/mol. The Balaban J connectivity index is 2.23. The second-order valence-electron chi connectivity index (χ2n) is 3.14. The smallest absolute Gasteiger partial charge is 0.148 e. The van der Waals surface area contributed by atoms with E-state index in [1.807, 2.05) is 23.9 Å². The van der Waals surface area contributed by atoms with Crippen molar-refractivity contribution in [2.45, 2.75) is 26.3 Å². The number of nitrogens with one attached hydrogen (secondary N) is 1. The van der Waals surface area contributed by atoms with Crippen LogP contribution in [0.2, 0.25) is 0 Å². The molecule has 4 heteroatoms. The van der Waals surface area contributed by atoms with Gasteiger partial charge < -0.3 is 5.32 Å². The van der Waals surface area contributed by atoms with Gasteiger partial charge in [-0.25, -0.2) is 0 Å². The molecular formula is C10H17N3S. The maximum atomic E-state index is 3.98. The Hall–Kier alpha value is -0.770. The summed E-state index contributed by atoms with van der Waals surface area (Å²) < 4.78 is 0. The van der Waals surface area contributed by atoms with E-state index < -0.39 is 0 Å². The molecule has 0 amide bonds. The second-order valence-corrected chi connectivity index (χ2v) is 4.53. The molecule has 1 aromatic heterocycles. The number of hydrogen-bond donors (Lipinski definition) is 1. The number of thioether (sulfide) groups is 1. The van der Waals surface area contributed by atoms with Crippen LogP contribution in [-0.2, 0) is 0 Å². The highest BCUT2D eigenvalue weighted by atomic mass is 32.2. The van der Waals surface area contributed by atoms with Crippen LogP contribution in [0.25, 0.3) is 0 Å². The maximum Gasteiger partial charge on any atom is 0.148 e. The third-order valence-corrected chi connectivity index (χ3v) is 2.80. The van der Waals surface area contributed by atoms with Crippen molar-refractivity contribution in [3.63, 3.8) is 0 Å². The number of rotatable bonds is 6. The van der Waals surface area contributed by atoms with Gasteiger partial charge in [0.1, 0.15) is 5.82 Å². The Morgan fingerprint density at radius 3 is 3.07 bits per heavy atom. The van der Waals surface area contributed by atoms with Crippen LogP contribution in [0.3, 0.4) is 0 Å². The molecule has 0 saturated carbocycles. The normalized spacial score (nSPS) is 12.4. The van der Waals surface area contributed by atoms with E-state index in [1.54, 1.807) is 6.20 Å². The summed E-state index contributed by atoms with van der Waals surface area (Å²) in [4.78, 5) is 0. The summed E-state index contributed by atoms with van der Waals surface area (Å²) in [7, 11) is 0. The summed E-state index contributed by atoms with van der Waals surface area (Å²) in [6.07, 6.45) is 2.85. The third-order valence-electron chi connectivity index (χ3n) is 1.87. The zero-order valence-corrected chi connectivity index (χ0v) is 9.55. The first-order valence-corrected chi connectivity index (χ1v) is 6.10. The van der Waals surface area contributed by atoms with Gasteiger partial charge in [-0.1, -0.05) is 6.92 Å². The summed E-state index contributed by atoms with van der Waals surface area (Å²) in [5.41, 5.74) is 0. The first-order chi connectivity index (χ1) is 6.83. The molecule has 1 atom stereocenters. The van der Waals surface area contributed by atoms with E-state index in [4.69, 9.17) is 0 Å². The van der Waals surface area contributed by atoms with Gasteiger partial charge in [-0.2, -0.15) is 16.9 Å². The predicted octanol–water partition coefficient (Wildman–Crippen LogP) is 2.42. The van der Waals surface area contributed by atoms with Gasteiger partial charge in [0.25, 0.3) is 0 Å². The average molecular weight is 211 g/mol. The molecule has 0 saturated heterocycles. The van der Waals surface area contributed by atoms with Gasteiger partial charge in [0.2, 0.25) is 0 Å². The van der Waals surface area contributed by atoms with Crippen molar-refractivity contribution in [2.24, 2.45) is 0 Å². The summed E-state index contributed by atoms with van der Waals surface area (Å²) in [6, 6.07) is 4.30. The quantitative estimate of drug-likeness (QED) is 0.733. The zero-order chi connectivity index (χ0) is 10.2. The van der Waals surface area contributed by atoms with Crippen LogP contribution < -0.4 is 5.32 Å². The molecule has 1 unspecified atom stereocenters. The highest BCUT2D eigenvalue weighted by Gasteiger charge is 2.01.